The van der Waals surface area contributed by atoms with Gasteiger partial charge in [0.15, 0.2) is 0 Å². The van der Waals surface area contributed by atoms with Gasteiger partial charge in [0.25, 0.3) is 0 Å². The number of hydroxylamine groups is 2. The first kappa shape index (κ1) is 22.3. The third kappa shape index (κ3) is 11.0. The highest BCUT2D eigenvalue weighted by molar-refractivity contribution is 5.67. The molecule has 5 nitrogen and oxygen atoms in total. The van der Waals surface area contributed by atoms with Crippen LogP contribution in [0.1, 0.15) is 67.2 Å². The highest BCUT2D eigenvalue weighted by Gasteiger charge is 2.28. The summed E-state index contributed by atoms with van der Waals surface area (Å²) in [6.07, 6.45) is 6.90. The van der Waals surface area contributed by atoms with Crippen LogP contribution in [0.2, 0.25) is 0 Å². The van der Waals surface area contributed by atoms with Crippen LogP contribution in [0, 0.1) is 17.9 Å². The van der Waals surface area contributed by atoms with E-state index in [1.807, 2.05) is 0 Å². The normalized spacial score (nSPS) is 13.2. The summed E-state index contributed by atoms with van der Waals surface area (Å²) >= 11 is 0. The molecule has 0 bridgehead atoms. The quantitative estimate of drug-likeness (QED) is 0.315. The molecular weight excluding hydrogens is 306 g/mol. The Morgan fingerprint density at radius 3 is 2.46 bits per heavy atom. The molecule has 24 heavy (non-hydrogen) atoms. The molecule has 2 atom stereocenters. The van der Waals surface area contributed by atoms with Gasteiger partial charge in [0.05, 0.1) is 13.2 Å². The number of amides is 1. The smallest absolute Gasteiger partial charge is 0.434 e. The SMILES string of the molecule is COC#CCC(C[C@@H](C)CCC=C(C)C)N(O)C(=O)OC(C)(C)C. The molecule has 138 valence electrons. The predicted molar refractivity (Wildman–Crippen MR) is 95.5 cm³/mol. The second-order valence-corrected chi connectivity index (χ2v) is 7.37. The van der Waals surface area contributed by atoms with Gasteiger partial charge >= 0.3 is 6.09 Å². The number of hydrogen-bond acceptors (Lipinski definition) is 4. The molecule has 1 N–H and O–H groups in total. The number of allylic oxidation sites excluding steroid dienone is 2. The van der Waals surface area contributed by atoms with E-state index < -0.39 is 17.7 Å². The average molecular weight is 339 g/mol. The van der Waals surface area contributed by atoms with Gasteiger partial charge < -0.3 is 9.47 Å². The number of carbonyl (C=O) groups is 1. The van der Waals surface area contributed by atoms with E-state index >= 15 is 0 Å². The van der Waals surface area contributed by atoms with Crippen LogP contribution in [-0.2, 0) is 9.47 Å². The van der Waals surface area contributed by atoms with E-state index in [0.29, 0.717) is 23.8 Å². The summed E-state index contributed by atoms with van der Waals surface area (Å²) in [4.78, 5) is 12.1. The molecule has 0 rings (SSSR count). The lowest BCUT2D eigenvalue weighted by molar-refractivity contribution is -0.122. The van der Waals surface area contributed by atoms with Crippen LogP contribution >= 0.6 is 0 Å². The second kappa shape index (κ2) is 11.0. The Morgan fingerprint density at radius 2 is 1.96 bits per heavy atom. The van der Waals surface area contributed by atoms with Crippen LogP contribution in [0.3, 0.4) is 0 Å². The maximum atomic E-state index is 12.1. The van der Waals surface area contributed by atoms with Crippen molar-refractivity contribution in [3.63, 3.8) is 0 Å². The zero-order valence-corrected chi connectivity index (χ0v) is 16.2. The first-order valence-electron chi connectivity index (χ1n) is 8.42. The van der Waals surface area contributed by atoms with Crippen molar-refractivity contribution >= 4 is 6.09 Å². The largest absolute Gasteiger partial charge is 0.450 e. The van der Waals surface area contributed by atoms with Gasteiger partial charge in [-0.05, 0) is 59.8 Å². The average Bonchev–Trinajstić information content (AvgIpc) is 2.43. The summed E-state index contributed by atoms with van der Waals surface area (Å²) in [6.45, 7) is 11.6. The Kier molecular flexibility index (Phi) is 10.2. The maximum Gasteiger partial charge on any atom is 0.434 e. The molecule has 0 saturated carbocycles. The molecule has 0 aliphatic rings. The number of rotatable bonds is 7. The topological polar surface area (TPSA) is 59.0 Å². The Morgan fingerprint density at radius 1 is 1.33 bits per heavy atom. The van der Waals surface area contributed by atoms with Crippen LogP contribution in [-0.4, -0.2) is 35.1 Å². The van der Waals surface area contributed by atoms with Crippen molar-refractivity contribution in [1.29, 1.82) is 0 Å². The van der Waals surface area contributed by atoms with Gasteiger partial charge in [-0.15, -0.1) is 0 Å². The fourth-order valence-electron chi connectivity index (χ4n) is 2.20. The lowest BCUT2D eigenvalue weighted by Gasteiger charge is -2.29. The molecule has 0 aromatic rings. The summed E-state index contributed by atoms with van der Waals surface area (Å²) in [6, 6.07) is -0.427. The lowest BCUT2D eigenvalue weighted by atomic mass is 9.95. The van der Waals surface area contributed by atoms with Crippen molar-refractivity contribution < 1.29 is 19.5 Å². The standard InChI is InChI=1S/C19H33NO4/c1-15(2)10-8-11-16(3)14-17(12-9-13-23-7)20(22)18(21)24-19(4,5)6/h10,16-17,22H,8,11-12,14H2,1-7H3/t16-,17?/m0/s1. The zero-order valence-electron chi connectivity index (χ0n) is 16.2. The Balaban J connectivity index is 4.83. The zero-order chi connectivity index (χ0) is 18.8. The number of nitrogens with zero attached hydrogens (tertiary/aromatic N) is 1. The Labute approximate surface area is 147 Å². The van der Waals surface area contributed by atoms with Crippen molar-refractivity contribution in [2.24, 2.45) is 5.92 Å². The third-order valence-electron chi connectivity index (χ3n) is 3.32. The first-order chi connectivity index (χ1) is 11.1. The summed E-state index contributed by atoms with van der Waals surface area (Å²) in [5.41, 5.74) is 0.637. The summed E-state index contributed by atoms with van der Waals surface area (Å²) in [7, 11) is 1.48. The molecule has 0 fully saturated rings. The van der Waals surface area contributed by atoms with Gasteiger partial charge in [-0.3, -0.25) is 5.21 Å². The fourth-order valence-corrected chi connectivity index (χ4v) is 2.20. The van der Waals surface area contributed by atoms with Gasteiger partial charge in [0, 0.05) is 6.42 Å². The van der Waals surface area contributed by atoms with E-state index in [1.165, 1.54) is 12.7 Å². The third-order valence-corrected chi connectivity index (χ3v) is 3.32. The monoisotopic (exact) mass is 339 g/mol. The van der Waals surface area contributed by atoms with Crippen molar-refractivity contribution in [2.75, 3.05) is 7.11 Å². The Bertz CT molecular complexity index is 464. The van der Waals surface area contributed by atoms with Crippen LogP contribution in [0.5, 0.6) is 0 Å². The molecule has 0 spiro atoms. The van der Waals surface area contributed by atoms with E-state index in [1.54, 1.807) is 20.8 Å². The van der Waals surface area contributed by atoms with Gasteiger partial charge in [0.2, 0.25) is 0 Å². The van der Waals surface area contributed by atoms with E-state index in [4.69, 9.17) is 9.47 Å². The van der Waals surface area contributed by atoms with Crippen molar-refractivity contribution in [1.82, 2.24) is 5.06 Å². The van der Waals surface area contributed by atoms with Crippen molar-refractivity contribution in [3.05, 3.63) is 11.6 Å². The maximum absolute atomic E-state index is 12.1. The van der Waals surface area contributed by atoms with E-state index in [-0.39, 0.29) is 0 Å². The summed E-state index contributed by atoms with van der Waals surface area (Å²) in [5, 5.41) is 10.9. The molecule has 0 aliphatic carbocycles. The number of ether oxygens (including phenoxy) is 2. The Hall–Kier alpha value is -1.67. The lowest BCUT2D eigenvalue weighted by Crippen LogP contribution is -2.41. The molecule has 0 aliphatic heterocycles. The van der Waals surface area contributed by atoms with E-state index in [2.05, 4.69) is 38.9 Å². The molecule has 1 amide bonds. The van der Waals surface area contributed by atoms with Crippen LogP contribution in [0.25, 0.3) is 0 Å². The second-order valence-electron chi connectivity index (χ2n) is 7.37. The first-order valence-corrected chi connectivity index (χ1v) is 8.42. The minimum absolute atomic E-state index is 0.330. The predicted octanol–water partition coefficient (Wildman–Crippen LogP) is 4.75. The van der Waals surface area contributed by atoms with E-state index in [9.17, 15) is 10.0 Å². The molecule has 0 radical (unpaired) electrons. The fraction of sp³-hybridized carbons (Fsp3) is 0.737. The number of methoxy groups -OCH3 is 1. The summed E-state index contributed by atoms with van der Waals surface area (Å²) < 4.78 is 9.95. The minimum Gasteiger partial charge on any atom is -0.450 e. The van der Waals surface area contributed by atoms with Crippen LogP contribution in [0.4, 0.5) is 4.79 Å². The van der Waals surface area contributed by atoms with Gasteiger partial charge in [-0.25, -0.2) is 4.79 Å². The number of hydrogen-bond donors (Lipinski definition) is 1. The molecule has 0 heterocycles. The van der Waals surface area contributed by atoms with Crippen LogP contribution < -0.4 is 0 Å². The van der Waals surface area contributed by atoms with Crippen LogP contribution in [0.15, 0.2) is 11.6 Å². The molecule has 5 heteroatoms. The molecule has 1 unspecified atom stereocenters. The summed E-state index contributed by atoms with van der Waals surface area (Å²) in [5.74, 6) is 3.16. The molecule has 0 aromatic carbocycles. The molecule has 0 aromatic heterocycles. The minimum atomic E-state index is -0.747. The van der Waals surface area contributed by atoms with Gasteiger partial charge in [-0.2, -0.15) is 5.06 Å². The molecular formula is C19H33NO4. The van der Waals surface area contributed by atoms with Crippen molar-refractivity contribution in [3.8, 4) is 12.0 Å². The molecule has 0 saturated heterocycles. The highest BCUT2D eigenvalue weighted by Crippen LogP contribution is 2.20. The number of carbonyl (C=O) groups excluding carboxylic acids is 1. The van der Waals surface area contributed by atoms with Crippen molar-refractivity contribution in [2.45, 2.75) is 78.9 Å². The van der Waals surface area contributed by atoms with Gasteiger partial charge in [0.1, 0.15) is 11.7 Å². The highest BCUT2D eigenvalue weighted by atomic mass is 16.6. The van der Waals surface area contributed by atoms with Gasteiger partial charge in [-0.1, -0.05) is 24.5 Å². The van der Waals surface area contributed by atoms with E-state index in [0.717, 1.165) is 12.8 Å².